The Morgan fingerprint density at radius 2 is 2.04 bits per heavy atom. The molecule has 0 saturated heterocycles. The Morgan fingerprint density at radius 1 is 1.22 bits per heavy atom. The van der Waals surface area contributed by atoms with Gasteiger partial charge >= 0.3 is 0 Å². The Hall–Kier alpha value is -2.72. The van der Waals surface area contributed by atoms with E-state index in [4.69, 9.17) is 21.1 Å². The van der Waals surface area contributed by atoms with E-state index in [1.54, 1.807) is 37.5 Å². The minimum atomic E-state index is -0.281. The Morgan fingerprint density at radius 3 is 2.87 bits per heavy atom. The largest absolute Gasteiger partial charge is 0.497 e. The molecule has 5 heteroatoms. The molecule has 4 nitrogen and oxygen atoms in total. The Bertz CT molecular complexity index is 812. The van der Waals surface area contributed by atoms with Crippen LogP contribution in [0.2, 0.25) is 5.02 Å². The maximum atomic E-state index is 12.5. The van der Waals surface area contributed by atoms with Gasteiger partial charge in [0.1, 0.15) is 11.5 Å². The van der Waals surface area contributed by atoms with Crippen LogP contribution in [-0.2, 0) is 4.79 Å². The summed E-state index contributed by atoms with van der Waals surface area (Å²) in [5.41, 5.74) is 1.79. The molecule has 23 heavy (non-hydrogen) atoms. The van der Waals surface area contributed by atoms with Crippen molar-refractivity contribution in [2.45, 2.75) is 0 Å². The number of methoxy groups -OCH3 is 1. The Kier molecular flexibility index (Phi) is 4.35. The number of fused-ring (bicyclic) bond motifs is 1. The Balaban J connectivity index is 1.88. The van der Waals surface area contributed by atoms with Crippen molar-refractivity contribution in [1.82, 2.24) is 0 Å². The van der Waals surface area contributed by atoms with Gasteiger partial charge in [0.2, 0.25) is 0 Å². The van der Waals surface area contributed by atoms with Crippen molar-refractivity contribution in [3.05, 3.63) is 71.0 Å². The molecule has 1 amide bonds. The van der Waals surface area contributed by atoms with E-state index in [9.17, 15) is 4.79 Å². The summed E-state index contributed by atoms with van der Waals surface area (Å²) in [6, 6.07) is 12.6. The highest BCUT2D eigenvalue weighted by atomic mass is 35.5. The molecule has 0 fully saturated rings. The van der Waals surface area contributed by atoms with Gasteiger partial charge in [0.25, 0.3) is 5.91 Å². The van der Waals surface area contributed by atoms with Gasteiger partial charge in [-0.25, -0.2) is 0 Å². The number of anilines is 1. The molecule has 0 aromatic heterocycles. The first-order valence-corrected chi connectivity index (χ1v) is 7.34. The van der Waals surface area contributed by atoms with E-state index in [0.29, 0.717) is 27.8 Å². The van der Waals surface area contributed by atoms with E-state index in [0.717, 1.165) is 5.56 Å². The maximum Gasteiger partial charge on any atom is 0.255 e. The average molecular weight is 328 g/mol. The lowest BCUT2D eigenvalue weighted by molar-refractivity contribution is -0.112. The fourth-order valence-electron chi connectivity index (χ4n) is 2.17. The minimum absolute atomic E-state index is 0.281. The van der Waals surface area contributed by atoms with Crippen LogP contribution in [0.3, 0.4) is 0 Å². The third-order valence-corrected chi connectivity index (χ3v) is 3.69. The normalized spacial score (nSPS) is 12.5. The molecule has 0 spiro atoms. The van der Waals surface area contributed by atoms with Crippen molar-refractivity contribution >= 4 is 29.3 Å². The van der Waals surface area contributed by atoms with Crippen molar-refractivity contribution in [1.29, 1.82) is 0 Å². The molecule has 0 radical (unpaired) electrons. The van der Waals surface area contributed by atoms with E-state index in [2.05, 4.69) is 5.32 Å². The summed E-state index contributed by atoms with van der Waals surface area (Å²) >= 11 is 6.12. The zero-order valence-corrected chi connectivity index (χ0v) is 13.1. The first kappa shape index (κ1) is 15.2. The Labute approximate surface area is 139 Å². The molecular weight excluding hydrogens is 314 g/mol. The van der Waals surface area contributed by atoms with Crippen LogP contribution in [0.1, 0.15) is 5.56 Å². The highest BCUT2D eigenvalue weighted by Gasteiger charge is 2.13. The second kappa shape index (κ2) is 6.58. The molecule has 0 aliphatic carbocycles. The smallest absolute Gasteiger partial charge is 0.255 e. The van der Waals surface area contributed by atoms with Crippen molar-refractivity contribution in [2.24, 2.45) is 0 Å². The topological polar surface area (TPSA) is 47.6 Å². The van der Waals surface area contributed by atoms with Crippen LogP contribution < -0.4 is 14.8 Å². The third kappa shape index (κ3) is 3.38. The molecule has 0 bridgehead atoms. The molecule has 116 valence electrons. The summed E-state index contributed by atoms with van der Waals surface area (Å²) < 4.78 is 10.6. The number of para-hydroxylation sites is 1. The molecule has 0 saturated carbocycles. The zero-order chi connectivity index (χ0) is 16.2. The number of ether oxygens (including phenoxy) is 2. The number of nitrogens with one attached hydrogen (secondary N) is 1. The fraction of sp³-hybridized carbons (Fsp3) is 0.0556. The van der Waals surface area contributed by atoms with Crippen molar-refractivity contribution in [3.8, 4) is 11.5 Å². The van der Waals surface area contributed by atoms with E-state index in [1.165, 1.54) is 6.26 Å². The number of carbonyl (C=O) groups is 1. The number of halogens is 1. The van der Waals surface area contributed by atoms with Gasteiger partial charge in [0, 0.05) is 17.2 Å². The highest BCUT2D eigenvalue weighted by Crippen LogP contribution is 2.28. The van der Waals surface area contributed by atoms with Crippen molar-refractivity contribution < 1.29 is 14.3 Å². The summed E-state index contributed by atoms with van der Waals surface area (Å²) in [5, 5.41) is 3.23. The number of rotatable bonds is 3. The summed E-state index contributed by atoms with van der Waals surface area (Å²) in [6.45, 7) is 0. The second-order valence-corrected chi connectivity index (χ2v) is 5.27. The van der Waals surface area contributed by atoms with Gasteiger partial charge in [-0.05, 0) is 30.4 Å². The quantitative estimate of drug-likeness (QED) is 0.915. The van der Waals surface area contributed by atoms with Crippen LogP contribution in [0, 0.1) is 0 Å². The molecular formula is C18H14ClNO3. The molecule has 2 aromatic rings. The lowest BCUT2D eigenvalue weighted by atomic mass is 10.1. The molecule has 1 aliphatic rings. The first-order valence-electron chi connectivity index (χ1n) is 6.96. The SMILES string of the molecule is COc1ccc(Cl)c(NC(=O)C2=Cc3ccccc3OC=C2)c1. The standard InChI is InChI=1S/C18H14ClNO3/c1-22-14-6-7-15(19)16(11-14)20-18(21)13-8-9-23-17-5-3-2-4-12(17)10-13/h2-11H,1H3,(H,20,21). The van der Waals surface area contributed by atoms with E-state index < -0.39 is 0 Å². The summed E-state index contributed by atoms with van der Waals surface area (Å²) in [7, 11) is 1.56. The van der Waals surface area contributed by atoms with Gasteiger partial charge < -0.3 is 14.8 Å². The number of amides is 1. The van der Waals surface area contributed by atoms with Gasteiger partial charge in [0.15, 0.2) is 0 Å². The average Bonchev–Trinajstić information content (AvgIpc) is 2.79. The van der Waals surface area contributed by atoms with Crippen molar-refractivity contribution in [3.63, 3.8) is 0 Å². The number of benzene rings is 2. The molecule has 0 atom stereocenters. The van der Waals surface area contributed by atoms with Crippen LogP contribution in [0.5, 0.6) is 11.5 Å². The van der Waals surface area contributed by atoms with Gasteiger partial charge in [-0.1, -0.05) is 29.8 Å². The van der Waals surface area contributed by atoms with Crippen LogP contribution in [0.4, 0.5) is 5.69 Å². The first-order chi connectivity index (χ1) is 11.2. The number of carbonyl (C=O) groups excluding carboxylic acids is 1. The molecule has 2 aromatic carbocycles. The van der Waals surface area contributed by atoms with E-state index >= 15 is 0 Å². The predicted molar refractivity (Wildman–Crippen MR) is 90.8 cm³/mol. The second-order valence-electron chi connectivity index (χ2n) is 4.86. The molecule has 0 unspecified atom stereocenters. The summed E-state index contributed by atoms with van der Waals surface area (Å²) in [5.74, 6) is 1.03. The van der Waals surface area contributed by atoms with Gasteiger partial charge in [-0.15, -0.1) is 0 Å². The molecule has 1 aliphatic heterocycles. The van der Waals surface area contributed by atoms with Crippen LogP contribution in [0.25, 0.3) is 6.08 Å². The number of hydrogen-bond donors (Lipinski definition) is 1. The van der Waals surface area contributed by atoms with Gasteiger partial charge in [-0.2, -0.15) is 0 Å². The van der Waals surface area contributed by atoms with Crippen LogP contribution in [0.15, 0.2) is 60.4 Å². The lowest BCUT2D eigenvalue weighted by Crippen LogP contribution is -2.13. The maximum absolute atomic E-state index is 12.5. The minimum Gasteiger partial charge on any atom is -0.497 e. The van der Waals surface area contributed by atoms with Gasteiger partial charge in [-0.3, -0.25) is 4.79 Å². The van der Waals surface area contributed by atoms with Crippen LogP contribution in [-0.4, -0.2) is 13.0 Å². The predicted octanol–water partition coefficient (Wildman–Crippen LogP) is 4.28. The molecule has 3 rings (SSSR count). The molecule has 1 N–H and O–H groups in total. The summed E-state index contributed by atoms with van der Waals surface area (Å²) in [4.78, 5) is 12.5. The fourth-order valence-corrected chi connectivity index (χ4v) is 2.33. The summed E-state index contributed by atoms with van der Waals surface area (Å²) in [6.07, 6.45) is 4.87. The van der Waals surface area contributed by atoms with E-state index in [1.807, 2.05) is 24.3 Å². The lowest BCUT2D eigenvalue weighted by Gasteiger charge is -2.09. The zero-order valence-electron chi connectivity index (χ0n) is 12.4. The van der Waals surface area contributed by atoms with Crippen LogP contribution >= 0.6 is 11.6 Å². The number of hydrogen-bond acceptors (Lipinski definition) is 3. The van der Waals surface area contributed by atoms with Crippen molar-refractivity contribution in [2.75, 3.05) is 12.4 Å². The molecule has 1 heterocycles. The monoisotopic (exact) mass is 327 g/mol. The third-order valence-electron chi connectivity index (χ3n) is 3.36. The van der Waals surface area contributed by atoms with Gasteiger partial charge in [0.05, 0.1) is 24.1 Å². The van der Waals surface area contributed by atoms with E-state index in [-0.39, 0.29) is 5.91 Å². The highest BCUT2D eigenvalue weighted by molar-refractivity contribution is 6.34.